The van der Waals surface area contributed by atoms with Crippen LogP contribution in [0.1, 0.15) is 11.4 Å². The van der Waals surface area contributed by atoms with Crippen molar-refractivity contribution in [1.82, 2.24) is 19.7 Å². The molecule has 1 amide bonds. The highest BCUT2D eigenvalue weighted by atomic mass is 35.5. The Hall–Kier alpha value is -1.61. The third-order valence-electron chi connectivity index (χ3n) is 4.17. The molecule has 0 aliphatic carbocycles. The first kappa shape index (κ1) is 19.2. The molecule has 2 aromatic rings. The zero-order chi connectivity index (χ0) is 18.5. The molecule has 7 nitrogen and oxygen atoms in total. The van der Waals surface area contributed by atoms with Gasteiger partial charge < -0.3 is 14.6 Å². The molecule has 1 aromatic carbocycles. The number of amides is 1. The highest BCUT2D eigenvalue weighted by Gasteiger charge is 2.16. The summed E-state index contributed by atoms with van der Waals surface area (Å²) in [6, 6.07) is 5.43. The average molecular weight is 396 g/mol. The predicted octanol–water partition coefficient (Wildman–Crippen LogP) is 2.34. The lowest BCUT2D eigenvalue weighted by Gasteiger charge is -2.25. The number of nitrogens with one attached hydrogen (secondary N) is 1. The predicted molar refractivity (Wildman–Crippen MR) is 103 cm³/mol. The van der Waals surface area contributed by atoms with Crippen LogP contribution in [0, 0.1) is 6.92 Å². The number of morpholine rings is 1. The topological polar surface area (TPSA) is 72.3 Å². The van der Waals surface area contributed by atoms with E-state index >= 15 is 0 Å². The highest BCUT2D eigenvalue weighted by molar-refractivity contribution is 7.99. The SMILES string of the molecule is Cc1cc(NC(=O)CSc2nnc(CN3CCOCC3)n2C)ccc1Cl. The molecule has 1 aliphatic rings. The standard InChI is InChI=1S/C17H22ClN5O2S/c1-12-9-13(3-4-14(12)18)19-16(24)11-26-17-21-20-15(22(17)2)10-23-5-7-25-8-6-23/h3-4,9H,5-8,10-11H2,1-2H3,(H,19,24). The Morgan fingerprint density at radius 3 is 2.85 bits per heavy atom. The number of ether oxygens (including phenoxy) is 1. The average Bonchev–Trinajstić information content (AvgIpc) is 2.97. The van der Waals surface area contributed by atoms with Crippen molar-refractivity contribution < 1.29 is 9.53 Å². The minimum atomic E-state index is -0.0885. The van der Waals surface area contributed by atoms with Crippen LogP contribution in [0.3, 0.4) is 0 Å². The van der Waals surface area contributed by atoms with Crippen LogP contribution in [0.25, 0.3) is 0 Å². The van der Waals surface area contributed by atoms with Gasteiger partial charge in [0.05, 0.1) is 25.5 Å². The van der Waals surface area contributed by atoms with E-state index in [0.717, 1.165) is 55.1 Å². The number of hydrogen-bond acceptors (Lipinski definition) is 6. The van der Waals surface area contributed by atoms with Crippen LogP contribution in [0.15, 0.2) is 23.4 Å². The third-order valence-corrected chi connectivity index (χ3v) is 5.61. The van der Waals surface area contributed by atoms with Crippen LogP contribution in [0.2, 0.25) is 5.02 Å². The molecule has 26 heavy (non-hydrogen) atoms. The van der Waals surface area contributed by atoms with Gasteiger partial charge in [-0.15, -0.1) is 10.2 Å². The highest BCUT2D eigenvalue weighted by Crippen LogP contribution is 2.21. The van der Waals surface area contributed by atoms with Gasteiger partial charge in [0, 0.05) is 30.8 Å². The Morgan fingerprint density at radius 1 is 1.35 bits per heavy atom. The van der Waals surface area contributed by atoms with Gasteiger partial charge >= 0.3 is 0 Å². The molecule has 0 radical (unpaired) electrons. The molecule has 1 N–H and O–H groups in total. The summed E-state index contributed by atoms with van der Waals surface area (Å²) >= 11 is 7.38. The minimum absolute atomic E-state index is 0.0885. The summed E-state index contributed by atoms with van der Waals surface area (Å²) in [5, 5.41) is 12.8. The van der Waals surface area contributed by atoms with Crippen molar-refractivity contribution >= 4 is 35.0 Å². The second-order valence-electron chi connectivity index (χ2n) is 6.15. The van der Waals surface area contributed by atoms with Gasteiger partial charge in [0.25, 0.3) is 0 Å². The van der Waals surface area contributed by atoms with E-state index in [9.17, 15) is 4.79 Å². The third kappa shape index (κ3) is 4.97. The first-order valence-electron chi connectivity index (χ1n) is 8.40. The molecule has 0 spiro atoms. The van der Waals surface area contributed by atoms with Gasteiger partial charge in [-0.3, -0.25) is 9.69 Å². The fraction of sp³-hybridized carbons (Fsp3) is 0.471. The van der Waals surface area contributed by atoms with Crippen molar-refractivity contribution in [3.63, 3.8) is 0 Å². The van der Waals surface area contributed by atoms with Gasteiger partial charge in [-0.1, -0.05) is 23.4 Å². The molecule has 9 heteroatoms. The van der Waals surface area contributed by atoms with Crippen LogP contribution in [0.4, 0.5) is 5.69 Å². The number of aromatic nitrogens is 3. The molecule has 1 aliphatic heterocycles. The van der Waals surface area contributed by atoms with Gasteiger partial charge in [0.2, 0.25) is 5.91 Å². The number of rotatable bonds is 6. The van der Waals surface area contributed by atoms with Crippen molar-refractivity contribution in [3.05, 3.63) is 34.6 Å². The van der Waals surface area contributed by atoms with Gasteiger partial charge in [0.15, 0.2) is 5.16 Å². The summed E-state index contributed by atoms with van der Waals surface area (Å²) in [5.41, 5.74) is 1.67. The van der Waals surface area contributed by atoms with Gasteiger partial charge in [-0.2, -0.15) is 0 Å². The molecule has 140 valence electrons. The van der Waals surface area contributed by atoms with Crippen molar-refractivity contribution in [1.29, 1.82) is 0 Å². The van der Waals surface area contributed by atoms with Crippen molar-refractivity contribution in [2.75, 3.05) is 37.4 Å². The maximum Gasteiger partial charge on any atom is 0.234 e. The first-order valence-corrected chi connectivity index (χ1v) is 9.76. The maximum absolute atomic E-state index is 12.2. The number of hydrogen-bond donors (Lipinski definition) is 1. The fourth-order valence-electron chi connectivity index (χ4n) is 2.62. The number of anilines is 1. The summed E-state index contributed by atoms with van der Waals surface area (Å²) in [6.45, 7) is 5.95. The Bertz CT molecular complexity index is 777. The van der Waals surface area contributed by atoms with Crippen molar-refractivity contribution in [3.8, 4) is 0 Å². The molecular weight excluding hydrogens is 374 g/mol. The lowest BCUT2D eigenvalue weighted by molar-refractivity contribution is -0.113. The molecule has 1 aromatic heterocycles. The van der Waals surface area contributed by atoms with E-state index in [4.69, 9.17) is 16.3 Å². The Morgan fingerprint density at radius 2 is 2.12 bits per heavy atom. The summed E-state index contributed by atoms with van der Waals surface area (Å²) in [4.78, 5) is 14.5. The largest absolute Gasteiger partial charge is 0.379 e. The van der Waals surface area contributed by atoms with E-state index < -0.39 is 0 Å². The van der Waals surface area contributed by atoms with Crippen molar-refractivity contribution in [2.45, 2.75) is 18.6 Å². The molecule has 0 unspecified atom stereocenters. The second-order valence-corrected chi connectivity index (χ2v) is 7.50. The smallest absolute Gasteiger partial charge is 0.234 e. The zero-order valence-corrected chi connectivity index (χ0v) is 16.4. The Labute approximate surface area is 162 Å². The number of halogens is 1. The lowest BCUT2D eigenvalue weighted by Crippen LogP contribution is -2.36. The van der Waals surface area contributed by atoms with Crippen LogP contribution < -0.4 is 5.32 Å². The van der Waals surface area contributed by atoms with E-state index in [2.05, 4.69) is 20.4 Å². The van der Waals surface area contributed by atoms with Gasteiger partial charge in [-0.05, 0) is 30.7 Å². The van der Waals surface area contributed by atoms with Crippen LogP contribution >= 0.6 is 23.4 Å². The molecular formula is C17H22ClN5O2S. The lowest BCUT2D eigenvalue weighted by atomic mass is 10.2. The maximum atomic E-state index is 12.2. The fourth-order valence-corrected chi connectivity index (χ4v) is 3.46. The molecule has 2 heterocycles. The second kappa shape index (κ2) is 8.85. The molecule has 1 fully saturated rings. The van der Waals surface area contributed by atoms with E-state index in [-0.39, 0.29) is 11.7 Å². The summed E-state index contributed by atoms with van der Waals surface area (Å²) < 4.78 is 7.30. The summed E-state index contributed by atoms with van der Waals surface area (Å²) in [6.07, 6.45) is 0. The molecule has 0 atom stereocenters. The van der Waals surface area contributed by atoms with Gasteiger partial charge in [-0.25, -0.2) is 0 Å². The number of aryl methyl sites for hydroxylation is 1. The van der Waals surface area contributed by atoms with Crippen LogP contribution in [-0.2, 0) is 23.1 Å². The quantitative estimate of drug-likeness (QED) is 0.757. The minimum Gasteiger partial charge on any atom is -0.379 e. The van der Waals surface area contributed by atoms with Gasteiger partial charge in [0.1, 0.15) is 5.82 Å². The molecule has 0 saturated carbocycles. The van der Waals surface area contributed by atoms with E-state index in [1.54, 1.807) is 12.1 Å². The molecule has 0 bridgehead atoms. The summed E-state index contributed by atoms with van der Waals surface area (Å²) in [7, 11) is 1.93. The van der Waals surface area contributed by atoms with E-state index in [0.29, 0.717) is 5.02 Å². The number of thioether (sulfide) groups is 1. The Balaban J connectivity index is 1.52. The van der Waals surface area contributed by atoms with Crippen LogP contribution in [0.5, 0.6) is 0 Å². The molecule has 1 saturated heterocycles. The Kier molecular flexibility index (Phi) is 6.53. The number of benzene rings is 1. The zero-order valence-electron chi connectivity index (χ0n) is 14.9. The van der Waals surface area contributed by atoms with Crippen LogP contribution in [-0.4, -0.2) is 57.6 Å². The first-order chi connectivity index (χ1) is 12.5. The number of carbonyl (C=O) groups is 1. The normalized spacial score (nSPS) is 15.2. The number of nitrogens with zero attached hydrogens (tertiary/aromatic N) is 4. The number of carbonyl (C=O) groups excluding carboxylic acids is 1. The molecule has 3 rings (SSSR count). The van der Waals surface area contributed by atoms with E-state index in [1.165, 1.54) is 11.8 Å². The van der Waals surface area contributed by atoms with E-state index in [1.807, 2.05) is 24.6 Å². The summed E-state index contributed by atoms with van der Waals surface area (Å²) in [5.74, 6) is 1.07. The van der Waals surface area contributed by atoms with Crippen molar-refractivity contribution in [2.24, 2.45) is 7.05 Å². The monoisotopic (exact) mass is 395 g/mol.